The van der Waals surface area contributed by atoms with Crippen molar-refractivity contribution in [2.45, 2.75) is 45.1 Å². The SMILES string of the molecule is CCc1ccc(-c2nc(C(=O)O[C@@H]3CCCCC3=O)cs2)cc1. The third kappa shape index (κ3) is 3.67. The number of ether oxygens (including phenoxy) is 1. The Labute approximate surface area is 139 Å². The highest BCUT2D eigenvalue weighted by molar-refractivity contribution is 7.13. The first-order valence-electron chi connectivity index (χ1n) is 7.96. The number of carbonyl (C=O) groups is 2. The first-order chi connectivity index (χ1) is 11.2. The van der Waals surface area contributed by atoms with E-state index in [9.17, 15) is 9.59 Å². The van der Waals surface area contributed by atoms with E-state index in [1.807, 2.05) is 12.1 Å². The van der Waals surface area contributed by atoms with Gasteiger partial charge in [0.15, 0.2) is 17.6 Å². The highest BCUT2D eigenvalue weighted by Crippen LogP contribution is 2.25. The molecule has 1 aromatic carbocycles. The molecule has 0 amide bonds. The average molecular weight is 329 g/mol. The molecule has 1 aliphatic rings. The minimum absolute atomic E-state index is 0.0233. The third-order valence-corrected chi connectivity index (χ3v) is 4.96. The van der Waals surface area contributed by atoms with Gasteiger partial charge in [-0.15, -0.1) is 11.3 Å². The molecule has 1 saturated carbocycles. The number of aromatic nitrogens is 1. The molecule has 0 saturated heterocycles. The second-order valence-corrected chi connectivity index (χ2v) is 6.55. The Kier molecular flexibility index (Phi) is 4.86. The van der Waals surface area contributed by atoms with Crippen LogP contribution in [0.25, 0.3) is 10.6 Å². The van der Waals surface area contributed by atoms with Crippen molar-refractivity contribution in [2.24, 2.45) is 0 Å². The molecule has 1 aromatic heterocycles. The quantitative estimate of drug-likeness (QED) is 0.794. The Balaban J connectivity index is 1.70. The second-order valence-electron chi connectivity index (χ2n) is 5.69. The first kappa shape index (κ1) is 15.9. The lowest BCUT2D eigenvalue weighted by Gasteiger charge is -2.19. The van der Waals surface area contributed by atoms with Crippen LogP contribution in [0.15, 0.2) is 29.6 Å². The van der Waals surface area contributed by atoms with Crippen LogP contribution in [0.2, 0.25) is 0 Å². The number of hydrogen-bond donors (Lipinski definition) is 0. The molecule has 120 valence electrons. The molecule has 0 N–H and O–H groups in total. The van der Waals surface area contributed by atoms with Crippen molar-refractivity contribution in [3.63, 3.8) is 0 Å². The zero-order valence-electron chi connectivity index (χ0n) is 13.1. The molecule has 1 aliphatic carbocycles. The van der Waals surface area contributed by atoms with E-state index in [2.05, 4.69) is 24.0 Å². The summed E-state index contributed by atoms with van der Waals surface area (Å²) in [6, 6.07) is 8.15. The molecule has 0 unspecified atom stereocenters. The number of nitrogens with zero attached hydrogens (tertiary/aromatic N) is 1. The van der Waals surface area contributed by atoms with E-state index >= 15 is 0 Å². The maximum absolute atomic E-state index is 12.2. The number of esters is 1. The van der Waals surface area contributed by atoms with Crippen molar-refractivity contribution in [3.8, 4) is 10.6 Å². The van der Waals surface area contributed by atoms with Crippen molar-refractivity contribution in [2.75, 3.05) is 0 Å². The molecule has 4 nitrogen and oxygen atoms in total. The number of aryl methyl sites for hydroxylation is 1. The fraction of sp³-hybridized carbons (Fsp3) is 0.389. The monoisotopic (exact) mass is 329 g/mol. The Morgan fingerprint density at radius 3 is 2.78 bits per heavy atom. The molecular weight excluding hydrogens is 310 g/mol. The number of benzene rings is 1. The van der Waals surface area contributed by atoms with Gasteiger partial charge in [-0.2, -0.15) is 0 Å². The Hall–Kier alpha value is -2.01. The molecular formula is C18H19NO3S. The zero-order chi connectivity index (χ0) is 16.2. The predicted molar refractivity (Wildman–Crippen MR) is 89.6 cm³/mol. The van der Waals surface area contributed by atoms with Crippen molar-refractivity contribution >= 4 is 23.1 Å². The summed E-state index contributed by atoms with van der Waals surface area (Å²) in [5.41, 5.74) is 2.53. The lowest BCUT2D eigenvalue weighted by molar-refractivity contribution is -0.129. The van der Waals surface area contributed by atoms with E-state index in [0.29, 0.717) is 12.8 Å². The van der Waals surface area contributed by atoms with E-state index in [4.69, 9.17) is 4.74 Å². The van der Waals surface area contributed by atoms with Gasteiger partial charge < -0.3 is 4.74 Å². The van der Waals surface area contributed by atoms with E-state index < -0.39 is 12.1 Å². The van der Waals surface area contributed by atoms with Gasteiger partial charge >= 0.3 is 5.97 Å². The summed E-state index contributed by atoms with van der Waals surface area (Å²) in [5, 5.41) is 2.48. The second kappa shape index (κ2) is 7.04. The smallest absolute Gasteiger partial charge is 0.358 e. The normalized spacial score (nSPS) is 18.0. The lowest BCUT2D eigenvalue weighted by Crippen LogP contribution is -2.30. The number of hydrogen-bond acceptors (Lipinski definition) is 5. The molecule has 3 rings (SSSR count). The lowest BCUT2D eigenvalue weighted by atomic mass is 9.96. The Morgan fingerprint density at radius 1 is 1.30 bits per heavy atom. The topological polar surface area (TPSA) is 56.3 Å². The summed E-state index contributed by atoms with van der Waals surface area (Å²) in [4.78, 5) is 28.3. The molecule has 0 bridgehead atoms. The molecule has 5 heteroatoms. The maximum Gasteiger partial charge on any atom is 0.358 e. The fourth-order valence-corrected chi connectivity index (χ4v) is 3.44. The first-order valence-corrected chi connectivity index (χ1v) is 8.84. The van der Waals surface area contributed by atoms with Gasteiger partial charge in [-0.3, -0.25) is 4.79 Å². The van der Waals surface area contributed by atoms with Gasteiger partial charge in [-0.1, -0.05) is 31.2 Å². The van der Waals surface area contributed by atoms with E-state index in [-0.39, 0.29) is 11.5 Å². The summed E-state index contributed by atoms with van der Waals surface area (Å²) >= 11 is 1.41. The third-order valence-electron chi connectivity index (χ3n) is 4.07. The van der Waals surface area contributed by atoms with Crippen LogP contribution < -0.4 is 0 Å². The molecule has 0 radical (unpaired) electrons. The van der Waals surface area contributed by atoms with Crippen LogP contribution >= 0.6 is 11.3 Å². The van der Waals surface area contributed by atoms with Crippen molar-refractivity contribution in [3.05, 3.63) is 40.9 Å². The van der Waals surface area contributed by atoms with Crippen LogP contribution in [0.4, 0.5) is 0 Å². The van der Waals surface area contributed by atoms with Gasteiger partial charge in [0.1, 0.15) is 5.01 Å². The van der Waals surface area contributed by atoms with Gasteiger partial charge in [0.05, 0.1) is 0 Å². The summed E-state index contributed by atoms with van der Waals surface area (Å²) in [5.74, 6) is -0.479. The van der Waals surface area contributed by atoms with Gasteiger partial charge in [-0.25, -0.2) is 9.78 Å². The van der Waals surface area contributed by atoms with Gasteiger partial charge in [0.25, 0.3) is 0 Å². The average Bonchev–Trinajstić information content (AvgIpc) is 3.07. The summed E-state index contributed by atoms with van der Waals surface area (Å²) in [7, 11) is 0. The summed E-state index contributed by atoms with van der Waals surface area (Å²) in [6.07, 6.45) is 3.34. The highest BCUT2D eigenvalue weighted by Gasteiger charge is 2.27. The molecule has 0 aliphatic heterocycles. The highest BCUT2D eigenvalue weighted by atomic mass is 32.1. The predicted octanol–water partition coefficient (Wildman–Crippen LogP) is 4.04. The van der Waals surface area contributed by atoms with Crippen molar-refractivity contribution in [1.82, 2.24) is 4.98 Å². The van der Waals surface area contributed by atoms with Crippen LogP contribution in [-0.2, 0) is 16.0 Å². The molecule has 23 heavy (non-hydrogen) atoms. The maximum atomic E-state index is 12.2. The van der Waals surface area contributed by atoms with Gasteiger partial charge in [0, 0.05) is 17.4 Å². The Bertz CT molecular complexity index is 705. The minimum atomic E-state index is -0.592. The fourth-order valence-electron chi connectivity index (χ4n) is 2.65. The largest absolute Gasteiger partial charge is 0.450 e. The summed E-state index contributed by atoms with van der Waals surface area (Å²) < 4.78 is 5.33. The van der Waals surface area contributed by atoms with Crippen molar-refractivity contribution < 1.29 is 14.3 Å². The minimum Gasteiger partial charge on any atom is -0.450 e. The molecule has 1 fully saturated rings. The van der Waals surface area contributed by atoms with Gasteiger partial charge in [-0.05, 0) is 31.2 Å². The number of rotatable bonds is 4. The summed E-state index contributed by atoms with van der Waals surface area (Å²) in [6.45, 7) is 2.11. The zero-order valence-corrected chi connectivity index (χ0v) is 13.9. The van der Waals surface area contributed by atoms with E-state index in [0.717, 1.165) is 29.8 Å². The van der Waals surface area contributed by atoms with Crippen LogP contribution in [0, 0.1) is 0 Å². The van der Waals surface area contributed by atoms with Gasteiger partial charge in [0.2, 0.25) is 0 Å². The molecule has 2 aromatic rings. The van der Waals surface area contributed by atoms with E-state index in [1.165, 1.54) is 16.9 Å². The number of ketones is 1. The standard InChI is InChI=1S/C18H19NO3S/c1-2-12-7-9-13(10-8-12)17-19-14(11-23-17)18(21)22-16-6-4-3-5-15(16)20/h7-11,16H,2-6H2,1H3/t16-/m1/s1. The van der Waals surface area contributed by atoms with Crippen LogP contribution in [-0.4, -0.2) is 22.8 Å². The molecule has 1 heterocycles. The van der Waals surface area contributed by atoms with E-state index in [1.54, 1.807) is 5.38 Å². The number of Topliss-reactive ketones (excluding diaryl/α,β-unsaturated/α-hetero) is 1. The number of thiazole rings is 1. The van der Waals surface area contributed by atoms with Crippen molar-refractivity contribution in [1.29, 1.82) is 0 Å². The van der Waals surface area contributed by atoms with Crippen LogP contribution in [0.3, 0.4) is 0 Å². The number of carbonyl (C=O) groups excluding carboxylic acids is 2. The van der Waals surface area contributed by atoms with Crippen LogP contribution in [0.5, 0.6) is 0 Å². The molecule has 1 atom stereocenters. The van der Waals surface area contributed by atoms with Crippen LogP contribution in [0.1, 0.15) is 48.7 Å². The molecule has 0 spiro atoms. The Morgan fingerprint density at radius 2 is 2.09 bits per heavy atom.